The molecule has 0 amide bonds. The molecule has 0 unspecified atom stereocenters. The van der Waals surface area contributed by atoms with E-state index in [4.69, 9.17) is 5.11 Å². The van der Waals surface area contributed by atoms with E-state index in [1.807, 2.05) is 0 Å². The summed E-state index contributed by atoms with van der Waals surface area (Å²) < 4.78 is 1.52. The van der Waals surface area contributed by atoms with Gasteiger partial charge >= 0.3 is 5.97 Å². The standard InChI is InChI=1S/C12H8N4O2/c17-12(18)9-2-1-3-10-8(9)4-5-11(15-10)16-7-13-6-14-16/h1-7H,(H,17,18). The normalized spacial score (nSPS) is 10.7. The fraction of sp³-hybridized carbons (Fsp3) is 0. The molecule has 6 nitrogen and oxygen atoms in total. The quantitative estimate of drug-likeness (QED) is 0.734. The van der Waals surface area contributed by atoms with E-state index in [9.17, 15) is 4.79 Å². The van der Waals surface area contributed by atoms with Crippen LogP contribution in [0.25, 0.3) is 16.7 Å². The Morgan fingerprint density at radius 3 is 2.83 bits per heavy atom. The Kier molecular flexibility index (Phi) is 2.26. The van der Waals surface area contributed by atoms with Crippen molar-refractivity contribution in [2.45, 2.75) is 0 Å². The molecule has 0 spiro atoms. The van der Waals surface area contributed by atoms with Gasteiger partial charge in [0.15, 0.2) is 5.82 Å². The third kappa shape index (κ3) is 1.60. The van der Waals surface area contributed by atoms with Crippen LogP contribution in [0.5, 0.6) is 0 Å². The van der Waals surface area contributed by atoms with E-state index in [1.54, 1.807) is 30.3 Å². The number of carboxylic acid groups (broad SMARTS) is 1. The number of benzene rings is 1. The molecule has 0 fully saturated rings. The van der Waals surface area contributed by atoms with Crippen LogP contribution in [0.2, 0.25) is 0 Å². The molecule has 0 atom stereocenters. The highest BCUT2D eigenvalue weighted by atomic mass is 16.4. The summed E-state index contributed by atoms with van der Waals surface area (Å²) in [6, 6.07) is 8.43. The molecule has 3 aromatic rings. The van der Waals surface area contributed by atoms with Gasteiger partial charge in [0.05, 0.1) is 11.1 Å². The van der Waals surface area contributed by atoms with Gasteiger partial charge in [-0.25, -0.2) is 19.4 Å². The molecule has 3 rings (SSSR count). The summed E-state index contributed by atoms with van der Waals surface area (Å²) >= 11 is 0. The Hall–Kier alpha value is -2.76. The first-order valence-electron chi connectivity index (χ1n) is 5.24. The summed E-state index contributed by atoms with van der Waals surface area (Å²) in [7, 11) is 0. The summed E-state index contributed by atoms with van der Waals surface area (Å²) in [5, 5.41) is 13.7. The molecule has 0 aliphatic carbocycles. The molecule has 88 valence electrons. The molecule has 0 saturated carbocycles. The molecule has 18 heavy (non-hydrogen) atoms. The number of fused-ring (bicyclic) bond motifs is 1. The second-order valence-electron chi connectivity index (χ2n) is 3.69. The molecule has 0 aliphatic rings. The molecule has 0 aliphatic heterocycles. The number of hydrogen-bond acceptors (Lipinski definition) is 4. The second kappa shape index (κ2) is 3.92. The van der Waals surface area contributed by atoms with Crippen LogP contribution in [0, 0.1) is 0 Å². The van der Waals surface area contributed by atoms with Gasteiger partial charge in [0, 0.05) is 5.39 Å². The highest BCUT2D eigenvalue weighted by Gasteiger charge is 2.09. The van der Waals surface area contributed by atoms with E-state index in [0.29, 0.717) is 16.7 Å². The van der Waals surface area contributed by atoms with Crippen molar-refractivity contribution in [1.82, 2.24) is 19.7 Å². The third-order valence-electron chi connectivity index (χ3n) is 2.60. The largest absolute Gasteiger partial charge is 0.478 e. The lowest BCUT2D eigenvalue weighted by atomic mass is 10.1. The summed E-state index contributed by atoms with van der Waals surface area (Å²) in [5.74, 6) is -0.363. The fourth-order valence-corrected chi connectivity index (χ4v) is 1.78. The zero-order valence-electron chi connectivity index (χ0n) is 9.19. The summed E-state index contributed by atoms with van der Waals surface area (Å²) in [4.78, 5) is 19.3. The molecule has 0 bridgehead atoms. The summed E-state index contributed by atoms with van der Waals surface area (Å²) in [5.41, 5.74) is 0.855. The molecule has 2 heterocycles. The van der Waals surface area contributed by atoms with E-state index in [1.165, 1.54) is 17.3 Å². The number of aromatic carboxylic acids is 1. The number of rotatable bonds is 2. The van der Waals surface area contributed by atoms with Gasteiger partial charge in [-0.05, 0) is 24.3 Å². The molecular weight excluding hydrogens is 232 g/mol. The van der Waals surface area contributed by atoms with E-state index in [-0.39, 0.29) is 5.56 Å². The second-order valence-corrected chi connectivity index (χ2v) is 3.69. The Labute approximate surface area is 102 Å². The van der Waals surface area contributed by atoms with Crippen molar-refractivity contribution in [2.75, 3.05) is 0 Å². The molecule has 1 N–H and O–H groups in total. The van der Waals surface area contributed by atoms with Crippen molar-refractivity contribution in [3.05, 3.63) is 48.5 Å². The Balaban J connectivity index is 2.23. The van der Waals surface area contributed by atoms with Crippen molar-refractivity contribution in [2.24, 2.45) is 0 Å². The first-order chi connectivity index (χ1) is 8.75. The Morgan fingerprint density at radius 2 is 2.11 bits per heavy atom. The van der Waals surface area contributed by atoms with Crippen molar-refractivity contribution in [3.63, 3.8) is 0 Å². The monoisotopic (exact) mass is 240 g/mol. The third-order valence-corrected chi connectivity index (χ3v) is 2.60. The van der Waals surface area contributed by atoms with Crippen LogP contribution in [0.4, 0.5) is 0 Å². The maximum Gasteiger partial charge on any atom is 0.336 e. The smallest absolute Gasteiger partial charge is 0.336 e. The molecule has 0 radical (unpaired) electrons. The summed E-state index contributed by atoms with van der Waals surface area (Å²) in [6.45, 7) is 0. The Bertz CT molecular complexity index is 722. The highest BCUT2D eigenvalue weighted by molar-refractivity contribution is 6.02. The van der Waals surface area contributed by atoms with Gasteiger partial charge in [0.25, 0.3) is 0 Å². The zero-order valence-corrected chi connectivity index (χ0v) is 9.19. The van der Waals surface area contributed by atoms with E-state index < -0.39 is 5.97 Å². The number of carboxylic acids is 1. The average molecular weight is 240 g/mol. The van der Waals surface area contributed by atoms with Gasteiger partial charge in [-0.15, -0.1) is 0 Å². The number of aromatic nitrogens is 4. The Morgan fingerprint density at radius 1 is 1.22 bits per heavy atom. The van der Waals surface area contributed by atoms with Gasteiger partial charge in [0.1, 0.15) is 12.7 Å². The van der Waals surface area contributed by atoms with E-state index in [0.717, 1.165) is 0 Å². The highest BCUT2D eigenvalue weighted by Crippen LogP contribution is 2.18. The number of pyridine rings is 1. The van der Waals surface area contributed by atoms with Crippen LogP contribution in [-0.4, -0.2) is 30.8 Å². The number of carbonyl (C=O) groups is 1. The van der Waals surface area contributed by atoms with Crippen LogP contribution in [0.3, 0.4) is 0 Å². The predicted molar refractivity (Wildman–Crippen MR) is 63.6 cm³/mol. The fourth-order valence-electron chi connectivity index (χ4n) is 1.78. The van der Waals surface area contributed by atoms with Gasteiger partial charge in [-0.3, -0.25) is 0 Å². The first-order valence-corrected chi connectivity index (χ1v) is 5.24. The minimum absolute atomic E-state index is 0.241. The summed E-state index contributed by atoms with van der Waals surface area (Å²) in [6.07, 6.45) is 2.95. The molecule has 0 saturated heterocycles. The topological polar surface area (TPSA) is 80.9 Å². The first kappa shape index (κ1) is 10.4. The van der Waals surface area contributed by atoms with Gasteiger partial charge in [0.2, 0.25) is 0 Å². The van der Waals surface area contributed by atoms with E-state index >= 15 is 0 Å². The van der Waals surface area contributed by atoms with Crippen LogP contribution in [0.15, 0.2) is 43.0 Å². The van der Waals surface area contributed by atoms with Crippen molar-refractivity contribution < 1.29 is 9.90 Å². The maximum absolute atomic E-state index is 11.1. The van der Waals surface area contributed by atoms with Crippen molar-refractivity contribution in [1.29, 1.82) is 0 Å². The van der Waals surface area contributed by atoms with Crippen molar-refractivity contribution >= 4 is 16.9 Å². The lowest BCUT2D eigenvalue weighted by molar-refractivity contribution is 0.0699. The van der Waals surface area contributed by atoms with E-state index in [2.05, 4.69) is 15.1 Å². The maximum atomic E-state index is 11.1. The molecule has 2 aromatic heterocycles. The van der Waals surface area contributed by atoms with Crippen LogP contribution < -0.4 is 0 Å². The number of nitrogens with zero attached hydrogens (tertiary/aromatic N) is 4. The minimum Gasteiger partial charge on any atom is -0.478 e. The lowest BCUT2D eigenvalue weighted by Gasteiger charge is -2.04. The van der Waals surface area contributed by atoms with Crippen LogP contribution in [0.1, 0.15) is 10.4 Å². The van der Waals surface area contributed by atoms with Gasteiger partial charge < -0.3 is 5.11 Å². The number of hydrogen-bond donors (Lipinski definition) is 1. The van der Waals surface area contributed by atoms with Crippen LogP contribution in [-0.2, 0) is 0 Å². The SMILES string of the molecule is O=C(O)c1cccc2nc(-n3cncn3)ccc12. The van der Waals surface area contributed by atoms with Crippen molar-refractivity contribution in [3.8, 4) is 5.82 Å². The van der Waals surface area contributed by atoms with Crippen LogP contribution >= 0.6 is 0 Å². The predicted octanol–water partition coefficient (Wildman–Crippen LogP) is 1.51. The van der Waals surface area contributed by atoms with Gasteiger partial charge in [-0.1, -0.05) is 6.07 Å². The average Bonchev–Trinajstić information content (AvgIpc) is 2.91. The minimum atomic E-state index is -0.962. The lowest BCUT2D eigenvalue weighted by Crippen LogP contribution is -2.01. The molecule has 1 aromatic carbocycles. The van der Waals surface area contributed by atoms with Gasteiger partial charge in [-0.2, -0.15) is 5.10 Å². The molecular formula is C12H8N4O2. The molecule has 6 heteroatoms. The zero-order chi connectivity index (χ0) is 12.5.